The predicted molar refractivity (Wildman–Crippen MR) is 136 cm³/mol. The van der Waals surface area contributed by atoms with Crippen LogP contribution in [0.15, 0.2) is 41.8 Å². The molecule has 0 spiro atoms. The van der Waals surface area contributed by atoms with Gasteiger partial charge in [0, 0.05) is 22.4 Å². The van der Waals surface area contributed by atoms with Gasteiger partial charge in [0.1, 0.15) is 0 Å². The Bertz CT molecular complexity index is 1080. The molecule has 7 atom stereocenters. The minimum atomic E-state index is -0.596. The van der Waals surface area contributed by atoms with Gasteiger partial charge in [0.2, 0.25) is 5.91 Å². The van der Waals surface area contributed by atoms with Gasteiger partial charge in [-0.25, -0.2) is 0 Å². The molecule has 1 heterocycles. The van der Waals surface area contributed by atoms with Crippen molar-refractivity contribution in [3.63, 3.8) is 0 Å². The first-order valence-electron chi connectivity index (χ1n) is 12.5. The van der Waals surface area contributed by atoms with Crippen LogP contribution >= 0.6 is 11.3 Å². The van der Waals surface area contributed by atoms with Gasteiger partial charge in [0.15, 0.2) is 0 Å². The lowest BCUT2D eigenvalue weighted by molar-refractivity contribution is -0.142. The van der Waals surface area contributed by atoms with E-state index in [1.807, 2.05) is 24.4 Å². The Morgan fingerprint density at radius 2 is 1.94 bits per heavy atom. The van der Waals surface area contributed by atoms with Gasteiger partial charge in [-0.3, -0.25) is 9.59 Å². The first-order valence-corrected chi connectivity index (χ1v) is 13.4. The predicted octanol–water partition coefficient (Wildman–Crippen LogP) is 4.49. The van der Waals surface area contributed by atoms with Crippen molar-refractivity contribution in [1.82, 2.24) is 10.6 Å². The zero-order valence-electron chi connectivity index (χ0n) is 20.7. The average Bonchev–Trinajstić information content (AvgIpc) is 3.38. The van der Waals surface area contributed by atoms with Gasteiger partial charge < -0.3 is 15.7 Å². The molecule has 0 bridgehead atoms. The van der Waals surface area contributed by atoms with Gasteiger partial charge in [-0.15, -0.1) is 11.3 Å². The number of hydrogen-bond donors (Lipinski definition) is 3. The van der Waals surface area contributed by atoms with Crippen LogP contribution < -0.4 is 10.6 Å². The summed E-state index contributed by atoms with van der Waals surface area (Å²) in [7, 11) is 0. The summed E-state index contributed by atoms with van der Waals surface area (Å²) < 4.78 is 0. The van der Waals surface area contributed by atoms with E-state index in [1.165, 1.54) is 0 Å². The van der Waals surface area contributed by atoms with Crippen molar-refractivity contribution in [2.24, 2.45) is 29.1 Å². The van der Waals surface area contributed by atoms with Gasteiger partial charge in [-0.1, -0.05) is 26.8 Å². The summed E-state index contributed by atoms with van der Waals surface area (Å²) in [5.41, 5.74) is 1.05. The fraction of sp³-hybridized carbons (Fsp3) is 0.536. The van der Waals surface area contributed by atoms with E-state index in [0.717, 1.165) is 30.6 Å². The number of nitrogens with zero attached hydrogens (tertiary/aromatic N) is 1. The lowest BCUT2D eigenvalue weighted by Gasteiger charge is -2.56. The van der Waals surface area contributed by atoms with Crippen LogP contribution in [0, 0.1) is 40.4 Å². The summed E-state index contributed by atoms with van der Waals surface area (Å²) in [6.45, 7) is 6.83. The first kappa shape index (κ1) is 25.4. The Morgan fingerprint density at radius 3 is 2.60 bits per heavy atom. The summed E-state index contributed by atoms with van der Waals surface area (Å²) in [4.78, 5) is 26.9. The molecular weight excluding hydrogens is 458 g/mol. The minimum Gasteiger partial charge on any atom is -0.392 e. The van der Waals surface area contributed by atoms with E-state index in [4.69, 9.17) is 5.26 Å². The van der Waals surface area contributed by atoms with E-state index < -0.39 is 6.10 Å². The normalized spacial score (nSPS) is 31.0. The molecule has 2 saturated carbocycles. The van der Waals surface area contributed by atoms with Crippen LogP contribution in [-0.4, -0.2) is 29.1 Å². The van der Waals surface area contributed by atoms with Crippen LogP contribution in [0.5, 0.6) is 0 Å². The number of aliphatic hydroxyl groups is 1. The largest absolute Gasteiger partial charge is 0.392 e. The van der Waals surface area contributed by atoms with Crippen molar-refractivity contribution < 1.29 is 14.7 Å². The Kier molecular flexibility index (Phi) is 7.63. The standard InChI is InChI=1S/C28H35N3O3S/c1-17(26(33)30-16-21-5-4-14-35-21)22-10-12-28(3)13-11-23(18(2)24(28)25(22)32)31-27(34)20-8-6-19(15-29)7-9-20/h4-9,14,17-18,22-25,32H,10-13,16H2,1-3H3,(H,30,33)(H,31,34)/t17-,18+,22+,23-,24+,25-,28-/m0/s1. The molecule has 2 fully saturated rings. The molecule has 1 aromatic carbocycles. The molecular formula is C28H35N3O3S. The number of nitrogens with one attached hydrogen (secondary N) is 2. The number of amides is 2. The summed E-state index contributed by atoms with van der Waals surface area (Å²) in [5, 5.41) is 28.8. The zero-order chi connectivity index (χ0) is 25.2. The van der Waals surface area contributed by atoms with Crippen molar-refractivity contribution in [1.29, 1.82) is 5.26 Å². The summed E-state index contributed by atoms with van der Waals surface area (Å²) in [6, 6.07) is 12.6. The molecule has 0 aliphatic heterocycles. The Balaban J connectivity index is 1.42. The fourth-order valence-electron chi connectivity index (χ4n) is 6.39. The molecule has 7 heteroatoms. The van der Waals surface area contributed by atoms with E-state index >= 15 is 0 Å². The number of benzene rings is 1. The highest BCUT2D eigenvalue weighted by molar-refractivity contribution is 7.09. The van der Waals surface area contributed by atoms with Crippen molar-refractivity contribution in [3.05, 3.63) is 57.8 Å². The Morgan fingerprint density at radius 1 is 1.23 bits per heavy atom. The smallest absolute Gasteiger partial charge is 0.251 e. The number of aliphatic hydroxyl groups excluding tert-OH is 1. The molecule has 2 aromatic rings. The first-order chi connectivity index (χ1) is 16.7. The van der Waals surface area contributed by atoms with E-state index in [2.05, 4.69) is 30.6 Å². The van der Waals surface area contributed by atoms with Crippen LogP contribution in [0.2, 0.25) is 0 Å². The van der Waals surface area contributed by atoms with Gasteiger partial charge in [0.25, 0.3) is 5.91 Å². The maximum atomic E-state index is 12.9. The number of hydrogen-bond acceptors (Lipinski definition) is 5. The quantitative estimate of drug-likeness (QED) is 0.552. The topological polar surface area (TPSA) is 102 Å². The highest BCUT2D eigenvalue weighted by Gasteiger charge is 2.53. The SMILES string of the molecule is C[C@H]1[C@@H]2[C@@H](O)[C@@H]([C@H](C)C(=O)NCc3cccs3)CC[C@@]2(C)CC[C@@H]1NC(=O)c1ccc(C#N)cc1. The third kappa shape index (κ3) is 5.29. The molecule has 186 valence electrons. The third-order valence-electron chi connectivity index (χ3n) is 8.55. The second-order valence-electron chi connectivity index (χ2n) is 10.6. The second kappa shape index (κ2) is 10.5. The fourth-order valence-corrected chi connectivity index (χ4v) is 7.03. The van der Waals surface area contributed by atoms with Crippen LogP contribution in [0.1, 0.15) is 67.3 Å². The lowest BCUT2D eigenvalue weighted by Crippen LogP contribution is -2.58. The summed E-state index contributed by atoms with van der Waals surface area (Å²) in [5.74, 6) is -0.468. The van der Waals surface area contributed by atoms with Gasteiger partial charge >= 0.3 is 0 Å². The molecule has 3 N–H and O–H groups in total. The molecule has 0 unspecified atom stereocenters. The molecule has 2 aliphatic rings. The van der Waals surface area contributed by atoms with Crippen LogP contribution in [0.25, 0.3) is 0 Å². The monoisotopic (exact) mass is 493 g/mol. The van der Waals surface area contributed by atoms with E-state index in [1.54, 1.807) is 35.6 Å². The van der Waals surface area contributed by atoms with Crippen molar-refractivity contribution in [2.45, 2.75) is 65.1 Å². The molecule has 1 aromatic heterocycles. The van der Waals surface area contributed by atoms with E-state index in [0.29, 0.717) is 17.7 Å². The number of nitriles is 1. The minimum absolute atomic E-state index is 0.00182. The highest BCUT2D eigenvalue weighted by atomic mass is 32.1. The number of carbonyl (C=O) groups excluding carboxylic acids is 2. The summed E-state index contributed by atoms with van der Waals surface area (Å²) in [6.07, 6.45) is 3.01. The van der Waals surface area contributed by atoms with E-state index in [9.17, 15) is 14.7 Å². The number of rotatable bonds is 6. The van der Waals surface area contributed by atoms with Gasteiger partial charge in [-0.2, -0.15) is 5.26 Å². The van der Waals surface area contributed by atoms with Gasteiger partial charge in [-0.05, 0) is 84.6 Å². The van der Waals surface area contributed by atoms with Crippen molar-refractivity contribution in [2.75, 3.05) is 0 Å². The molecule has 6 nitrogen and oxygen atoms in total. The average molecular weight is 494 g/mol. The Labute approximate surface area is 211 Å². The number of fused-ring (bicyclic) bond motifs is 1. The Hall–Kier alpha value is -2.69. The molecule has 2 amide bonds. The number of thiophene rings is 1. The number of carbonyl (C=O) groups is 2. The maximum absolute atomic E-state index is 12.9. The zero-order valence-corrected chi connectivity index (χ0v) is 21.5. The van der Waals surface area contributed by atoms with Gasteiger partial charge in [0.05, 0.1) is 24.3 Å². The van der Waals surface area contributed by atoms with Crippen LogP contribution in [0.4, 0.5) is 0 Å². The van der Waals surface area contributed by atoms with Crippen molar-refractivity contribution >= 4 is 23.2 Å². The van der Waals surface area contributed by atoms with E-state index in [-0.39, 0.29) is 46.9 Å². The summed E-state index contributed by atoms with van der Waals surface area (Å²) >= 11 is 1.62. The molecule has 0 radical (unpaired) electrons. The molecule has 2 aliphatic carbocycles. The molecule has 4 rings (SSSR count). The van der Waals surface area contributed by atoms with Crippen molar-refractivity contribution in [3.8, 4) is 6.07 Å². The molecule has 0 saturated heterocycles. The third-order valence-corrected chi connectivity index (χ3v) is 9.43. The lowest BCUT2D eigenvalue weighted by atomic mass is 9.51. The highest BCUT2D eigenvalue weighted by Crippen LogP contribution is 2.55. The maximum Gasteiger partial charge on any atom is 0.251 e. The molecule has 35 heavy (non-hydrogen) atoms. The van der Waals surface area contributed by atoms with Crippen LogP contribution in [-0.2, 0) is 11.3 Å². The second-order valence-corrected chi connectivity index (χ2v) is 11.7. The van der Waals surface area contributed by atoms with Crippen LogP contribution in [0.3, 0.4) is 0 Å².